The van der Waals surface area contributed by atoms with Crippen LogP contribution in [0.4, 0.5) is 0 Å². The maximum Gasteiger partial charge on any atom is 0.0866 e. The summed E-state index contributed by atoms with van der Waals surface area (Å²) in [5.41, 5.74) is 3.10. The highest BCUT2D eigenvalue weighted by Crippen LogP contribution is 2.21. The first-order valence-corrected chi connectivity index (χ1v) is 7.67. The Morgan fingerprint density at radius 2 is 2.00 bits per heavy atom. The number of aromatic nitrogens is 4. The van der Waals surface area contributed by atoms with Crippen molar-refractivity contribution >= 4 is 11.6 Å². The normalized spacial score (nSPS) is 12.1. The van der Waals surface area contributed by atoms with Gasteiger partial charge in [-0.1, -0.05) is 11.6 Å². The second-order valence-corrected chi connectivity index (χ2v) is 6.62. The van der Waals surface area contributed by atoms with Crippen LogP contribution in [0.5, 0.6) is 0 Å². The number of halogens is 1. The molecule has 0 aromatic carbocycles. The first-order valence-electron chi connectivity index (χ1n) is 7.29. The van der Waals surface area contributed by atoms with Crippen molar-refractivity contribution in [2.24, 2.45) is 0 Å². The molecule has 0 unspecified atom stereocenters. The number of aryl methyl sites for hydroxylation is 2. The van der Waals surface area contributed by atoms with Gasteiger partial charge < -0.3 is 5.32 Å². The molecule has 6 heteroatoms. The third-order valence-corrected chi connectivity index (χ3v) is 3.85. The second kappa shape index (κ2) is 6.20. The zero-order chi connectivity index (χ0) is 15.6. The second-order valence-electron chi connectivity index (χ2n) is 6.25. The number of nitrogens with one attached hydrogen (secondary N) is 1. The summed E-state index contributed by atoms with van der Waals surface area (Å²) in [6, 6.07) is 2.03. The molecular weight excluding hydrogens is 286 g/mol. The molecule has 1 N–H and O–H groups in total. The highest BCUT2D eigenvalue weighted by atomic mass is 35.5. The molecule has 0 aliphatic rings. The standard InChI is InChI=1S/C15H24ClN5/c1-6-20-13(14(16)11(2)19-20)10-21-12(7-8-18-21)9-17-15(3,4)5/h7-8,17H,6,9-10H2,1-5H3. The fourth-order valence-corrected chi connectivity index (χ4v) is 2.37. The molecule has 116 valence electrons. The van der Waals surface area contributed by atoms with Gasteiger partial charge in [-0.2, -0.15) is 10.2 Å². The Morgan fingerprint density at radius 1 is 1.29 bits per heavy atom. The van der Waals surface area contributed by atoms with E-state index in [0.29, 0.717) is 6.54 Å². The van der Waals surface area contributed by atoms with Crippen LogP contribution in [0.1, 0.15) is 44.8 Å². The number of rotatable bonds is 5. The molecule has 2 aromatic rings. The van der Waals surface area contributed by atoms with Crippen molar-refractivity contribution < 1.29 is 0 Å². The van der Waals surface area contributed by atoms with E-state index in [4.69, 9.17) is 11.6 Å². The fraction of sp³-hybridized carbons (Fsp3) is 0.600. The molecule has 0 fully saturated rings. The van der Waals surface area contributed by atoms with Gasteiger partial charge >= 0.3 is 0 Å². The Hall–Kier alpha value is -1.33. The molecular formula is C15H24ClN5. The average molecular weight is 310 g/mol. The third kappa shape index (κ3) is 3.86. The van der Waals surface area contributed by atoms with Crippen molar-refractivity contribution in [3.05, 3.63) is 34.4 Å². The molecule has 0 atom stereocenters. The van der Waals surface area contributed by atoms with E-state index in [0.717, 1.165) is 35.2 Å². The van der Waals surface area contributed by atoms with E-state index in [2.05, 4.69) is 43.2 Å². The van der Waals surface area contributed by atoms with Gasteiger partial charge in [0.2, 0.25) is 0 Å². The quantitative estimate of drug-likeness (QED) is 0.923. The van der Waals surface area contributed by atoms with Crippen LogP contribution in [0.25, 0.3) is 0 Å². The van der Waals surface area contributed by atoms with E-state index in [9.17, 15) is 0 Å². The predicted molar refractivity (Wildman–Crippen MR) is 85.6 cm³/mol. The summed E-state index contributed by atoms with van der Waals surface area (Å²) < 4.78 is 3.92. The van der Waals surface area contributed by atoms with Gasteiger partial charge in [0.25, 0.3) is 0 Å². The molecule has 0 saturated carbocycles. The molecule has 2 rings (SSSR count). The summed E-state index contributed by atoms with van der Waals surface area (Å²) in [7, 11) is 0. The summed E-state index contributed by atoms with van der Waals surface area (Å²) in [4.78, 5) is 0. The molecule has 2 heterocycles. The Labute approximate surface area is 131 Å². The van der Waals surface area contributed by atoms with Crippen LogP contribution in [-0.4, -0.2) is 25.1 Å². The topological polar surface area (TPSA) is 47.7 Å². The fourth-order valence-electron chi connectivity index (χ4n) is 2.17. The zero-order valence-electron chi connectivity index (χ0n) is 13.4. The lowest BCUT2D eigenvalue weighted by molar-refractivity contribution is 0.412. The summed E-state index contributed by atoms with van der Waals surface area (Å²) in [5, 5.41) is 13.1. The smallest absolute Gasteiger partial charge is 0.0866 e. The van der Waals surface area contributed by atoms with E-state index in [1.54, 1.807) is 0 Å². The van der Waals surface area contributed by atoms with Crippen molar-refractivity contribution in [2.75, 3.05) is 0 Å². The lowest BCUT2D eigenvalue weighted by atomic mass is 10.1. The van der Waals surface area contributed by atoms with Crippen molar-refractivity contribution in [3.63, 3.8) is 0 Å². The van der Waals surface area contributed by atoms with E-state index < -0.39 is 0 Å². The molecule has 0 saturated heterocycles. The number of nitrogens with zero attached hydrogens (tertiary/aromatic N) is 4. The molecule has 5 nitrogen and oxygen atoms in total. The predicted octanol–water partition coefficient (Wildman–Crippen LogP) is 3.00. The third-order valence-electron chi connectivity index (χ3n) is 3.36. The zero-order valence-corrected chi connectivity index (χ0v) is 14.2. The van der Waals surface area contributed by atoms with E-state index >= 15 is 0 Å². The Bertz CT molecular complexity index is 606. The van der Waals surface area contributed by atoms with Gasteiger partial charge in [0, 0.05) is 24.8 Å². The van der Waals surface area contributed by atoms with Crippen molar-refractivity contribution in [2.45, 2.75) is 59.8 Å². The van der Waals surface area contributed by atoms with Gasteiger partial charge in [-0.15, -0.1) is 0 Å². The molecule has 0 aliphatic heterocycles. The Balaban J connectivity index is 2.19. The summed E-state index contributed by atoms with van der Waals surface area (Å²) in [6.45, 7) is 12.7. The van der Waals surface area contributed by atoms with Crippen molar-refractivity contribution in [1.82, 2.24) is 24.9 Å². The van der Waals surface area contributed by atoms with Gasteiger partial charge in [-0.05, 0) is 40.7 Å². The van der Waals surface area contributed by atoms with Crippen LogP contribution in [0.3, 0.4) is 0 Å². The Kier molecular flexibility index (Phi) is 4.74. The number of hydrogen-bond donors (Lipinski definition) is 1. The molecule has 0 spiro atoms. The lowest BCUT2D eigenvalue weighted by Gasteiger charge is -2.21. The minimum absolute atomic E-state index is 0.0779. The van der Waals surface area contributed by atoms with Crippen LogP contribution < -0.4 is 5.32 Å². The molecule has 0 bridgehead atoms. The summed E-state index contributed by atoms with van der Waals surface area (Å²) in [5.74, 6) is 0. The molecule has 2 aromatic heterocycles. The van der Waals surface area contributed by atoms with Gasteiger partial charge in [-0.3, -0.25) is 9.36 Å². The summed E-state index contributed by atoms with van der Waals surface area (Å²) >= 11 is 6.37. The van der Waals surface area contributed by atoms with E-state index in [1.165, 1.54) is 0 Å². The molecule has 0 amide bonds. The van der Waals surface area contributed by atoms with Crippen molar-refractivity contribution in [1.29, 1.82) is 0 Å². The minimum Gasteiger partial charge on any atom is -0.306 e. The minimum atomic E-state index is 0.0779. The van der Waals surface area contributed by atoms with Crippen LogP contribution in [-0.2, 0) is 19.6 Å². The average Bonchev–Trinajstić information content (AvgIpc) is 2.95. The lowest BCUT2D eigenvalue weighted by Crippen LogP contribution is -2.35. The Morgan fingerprint density at radius 3 is 2.62 bits per heavy atom. The largest absolute Gasteiger partial charge is 0.306 e. The van der Waals surface area contributed by atoms with E-state index in [1.807, 2.05) is 28.6 Å². The SMILES string of the molecule is CCn1nc(C)c(Cl)c1Cn1nccc1CNC(C)(C)C. The summed E-state index contributed by atoms with van der Waals surface area (Å²) in [6.07, 6.45) is 1.83. The van der Waals surface area contributed by atoms with Gasteiger partial charge in [0.15, 0.2) is 0 Å². The maximum absolute atomic E-state index is 6.37. The van der Waals surface area contributed by atoms with E-state index in [-0.39, 0.29) is 5.54 Å². The highest BCUT2D eigenvalue weighted by molar-refractivity contribution is 6.31. The van der Waals surface area contributed by atoms with Crippen LogP contribution >= 0.6 is 11.6 Å². The van der Waals surface area contributed by atoms with Gasteiger partial charge in [0.1, 0.15) is 0 Å². The first-order chi connectivity index (χ1) is 9.81. The van der Waals surface area contributed by atoms with Crippen LogP contribution in [0.2, 0.25) is 5.02 Å². The first kappa shape index (κ1) is 16.0. The van der Waals surface area contributed by atoms with Crippen LogP contribution in [0, 0.1) is 6.92 Å². The number of hydrogen-bond acceptors (Lipinski definition) is 3. The maximum atomic E-state index is 6.37. The van der Waals surface area contributed by atoms with Gasteiger partial charge in [-0.25, -0.2) is 0 Å². The monoisotopic (exact) mass is 309 g/mol. The van der Waals surface area contributed by atoms with Crippen molar-refractivity contribution in [3.8, 4) is 0 Å². The molecule has 0 aliphatic carbocycles. The molecule has 21 heavy (non-hydrogen) atoms. The highest BCUT2D eigenvalue weighted by Gasteiger charge is 2.15. The van der Waals surface area contributed by atoms with Gasteiger partial charge in [0.05, 0.1) is 28.6 Å². The van der Waals surface area contributed by atoms with Crippen LogP contribution in [0.15, 0.2) is 12.3 Å². The molecule has 0 radical (unpaired) electrons.